The minimum Gasteiger partial charge on any atom is -0.399 e. The van der Waals surface area contributed by atoms with E-state index in [9.17, 15) is 9.00 Å². The van der Waals surface area contributed by atoms with Gasteiger partial charge in [-0.1, -0.05) is 12.8 Å². The van der Waals surface area contributed by atoms with Crippen molar-refractivity contribution in [2.75, 3.05) is 24.6 Å². The predicted octanol–water partition coefficient (Wildman–Crippen LogP) is 2.09. The van der Waals surface area contributed by atoms with Crippen molar-refractivity contribution in [3.05, 3.63) is 23.8 Å². The van der Waals surface area contributed by atoms with Crippen LogP contribution in [0.25, 0.3) is 0 Å². The SMILES string of the molecule is Cc1cc(S(=O)CC(=O)N2CCCCCC2)ccc1N. The molecule has 1 aliphatic rings. The number of likely N-dealkylation sites (tertiary alicyclic amines) is 1. The van der Waals surface area contributed by atoms with Crippen LogP contribution in [0.2, 0.25) is 0 Å². The van der Waals surface area contributed by atoms with E-state index in [4.69, 9.17) is 5.73 Å². The number of anilines is 1. The lowest BCUT2D eigenvalue weighted by atomic mass is 10.2. The first-order valence-electron chi connectivity index (χ1n) is 7.10. The summed E-state index contributed by atoms with van der Waals surface area (Å²) in [4.78, 5) is 14.7. The topological polar surface area (TPSA) is 63.4 Å². The second-order valence-corrected chi connectivity index (χ2v) is 6.75. The van der Waals surface area contributed by atoms with Gasteiger partial charge >= 0.3 is 0 Å². The van der Waals surface area contributed by atoms with Crippen molar-refractivity contribution in [1.82, 2.24) is 4.90 Å². The van der Waals surface area contributed by atoms with Gasteiger partial charge in [-0.2, -0.15) is 0 Å². The van der Waals surface area contributed by atoms with Gasteiger partial charge in [0.1, 0.15) is 5.75 Å². The molecule has 20 heavy (non-hydrogen) atoms. The molecule has 0 bridgehead atoms. The molecule has 1 aliphatic heterocycles. The number of benzene rings is 1. The lowest BCUT2D eigenvalue weighted by molar-refractivity contribution is -0.128. The molecule has 4 nitrogen and oxygen atoms in total. The van der Waals surface area contributed by atoms with Crippen LogP contribution in [0, 0.1) is 6.92 Å². The van der Waals surface area contributed by atoms with Crippen LogP contribution < -0.4 is 5.73 Å². The van der Waals surface area contributed by atoms with Crippen LogP contribution in [0.3, 0.4) is 0 Å². The Hall–Kier alpha value is -1.36. The lowest BCUT2D eigenvalue weighted by Crippen LogP contribution is -2.35. The van der Waals surface area contributed by atoms with E-state index in [-0.39, 0.29) is 11.7 Å². The van der Waals surface area contributed by atoms with Gasteiger partial charge in [0.25, 0.3) is 0 Å². The third kappa shape index (κ3) is 3.82. The molecule has 0 radical (unpaired) electrons. The van der Waals surface area contributed by atoms with E-state index >= 15 is 0 Å². The fraction of sp³-hybridized carbons (Fsp3) is 0.533. The molecule has 110 valence electrons. The highest BCUT2D eigenvalue weighted by atomic mass is 32.2. The number of carbonyl (C=O) groups excluding carboxylic acids is 1. The van der Waals surface area contributed by atoms with Gasteiger partial charge in [-0.3, -0.25) is 9.00 Å². The van der Waals surface area contributed by atoms with Gasteiger partial charge in [0.05, 0.1) is 10.8 Å². The number of hydrogen-bond acceptors (Lipinski definition) is 3. The summed E-state index contributed by atoms with van der Waals surface area (Å²) in [6, 6.07) is 5.30. The monoisotopic (exact) mass is 294 g/mol. The van der Waals surface area contributed by atoms with Crippen molar-refractivity contribution in [1.29, 1.82) is 0 Å². The first-order valence-corrected chi connectivity index (χ1v) is 8.42. The number of nitrogens with two attached hydrogens (primary N) is 1. The number of nitrogen functional groups attached to an aromatic ring is 1. The van der Waals surface area contributed by atoms with E-state index < -0.39 is 10.8 Å². The summed E-state index contributed by atoms with van der Waals surface area (Å²) in [5.74, 6) is 0.0725. The number of aryl methyl sites for hydroxylation is 1. The quantitative estimate of drug-likeness (QED) is 0.868. The molecule has 1 heterocycles. The second kappa shape index (κ2) is 6.88. The Kier molecular flexibility index (Phi) is 5.17. The van der Waals surface area contributed by atoms with Crippen LogP contribution in [0.4, 0.5) is 5.69 Å². The van der Waals surface area contributed by atoms with Crippen molar-refractivity contribution >= 4 is 22.4 Å². The van der Waals surface area contributed by atoms with Crippen molar-refractivity contribution < 1.29 is 9.00 Å². The molecule has 1 aromatic rings. The third-order valence-corrected chi connectivity index (χ3v) is 5.01. The van der Waals surface area contributed by atoms with E-state index in [0.717, 1.165) is 31.5 Å². The average molecular weight is 294 g/mol. The standard InChI is InChI=1S/C15H22N2O2S/c1-12-10-13(6-7-14(12)16)20(19)11-15(18)17-8-4-2-3-5-9-17/h6-7,10H,2-5,8-9,11,16H2,1H3. The Balaban J connectivity index is 1.99. The molecular formula is C15H22N2O2S. The number of amides is 1. The van der Waals surface area contributed by atoms with E-state index in [1.54, 1.807) is 18.2 Å². The minimum absolute atomic E-state index is 0.000267. The van der Waals surface area contributed by atoms with Crippen molar-refractivity contribution in [3.63, 3.8) is 0 Å². The Morgan fingerprint density at radius 1 is 1.25 bits per heavy atom. The van der Waals surface area contributed by atoms with Gasteiger partial charge in [-0.25, -0.2) is 0 Å². The summed E-state index contributed by atoms with van der Waals surface area (Å²) in [7, 11) is -1.29. The summed E-state index contributed by atoms with van der Waals surface area (Å²) in [5.41, 5.74) is 7.34. The Morgan fingerprint density at radius 2 is 1.90 bits per heavy atom. The van der Waals surface area contributed by atoms with Gasteiger partial charge in [-0.15, -0.1) is 0 Å². The Labute approximate surface area is 122 Å². The highest BCUT2D eigenvalue weighted by molar-refractivity contribution is 7.85. The smallest absolute Gasteiger partial charge is 0.235 e. The molecular weight excluding hydrogens is 272 g/mol. The maximum Gasteiger partial charge on any atom is 0.235 e. The first kappa shape index (κ1) is 15.0. The van der Waals surface area contributed by atoms with Gasteiger partial charge in [-0.05, 0) is 43.5 Å². The Morgan fingerprint density at radius 3 is 2.50 bits per heavy atom. The molecule has 5 heteroatoms. The second-order valence-electron chi connectivity index (χ2n) is 5.30. The molecule has 0 saturated carbocycles. The fourth-order valence-corrected chi connectivity index (χ4v) is 3.50. The van der Waals surface area contributed by atoms with Crippen LogP contribution in [0.15, 0.2) is 23.1 Å². The first-order chi connectivity index (χ1) is 9.58. The van der Waals surface area contributed by atoms with E-state index in [1.165, 1.54) is 12.8 Å². The molecule has 2 rings (SSSR count). The highest BCUT2D eigenvalue weighted by Crippen LogP contribution is 2.17. The zero-order valence-corrected chi connectivity index (χ0v) is 12.7. The number of hydrogen-bond donors (Lipinski definition) is 1. The summed E-state index contributed by atoms with van der Waals surface area (Å²) < 4.78 is 12.3. The van der Waals surface area contributed by atoms with Crippen LogP contribution in [0.1, 0.15) is 31.2 Å². The molecule has 1 fully saturated rings. The van der Waals surface area contributed by atoms with E-state index in [1.807, 2.05) is 11.8 Å². The molecule has 0 aromatic heterocycles. The predicted molar refractivity (Wildman–Crippen MR) is 81.9 cm³/mol. The van der Waals surface area contributed by atoms with E-state index in [2.05, 4.69) is 0 Å². The summed E-state index contributed by atoms with van der Waals surface area (Å²) in [6.45, 7) is 3.49. The molecule has 0 spiro atoms. The molecule has 0 aliphatic carbocycles. The van der Waals surface area contributed by atoms with Crippen LogP contribution in [0.5, 0.6) is 0 Å². The third-order valence-electron chi connectivity index (χ3n) is 3.72. The molecule has 1 unspecified atom stereocenters. The van der Waals surface area contributed by atoms with Gasteiger partial charge in [0.15, 0.2) is 0 Å². The van der Waals surface area contributed by atoms with Crippen LogP contribution >= 0.6 is 0 Å². The van der Waals surface area contributed by atoms with Gasteiger partial charge < -0.3 is 10.6 Å². The lowest BCUT2D eigenvalue weighted by Gasteiger charge is -2.20. The van der Waals surface area contributed by atoms with Gasteiger partial charge in [0.2, 0.25) is 5.91 Å². The van der Waals surface area contributed by atoms with Crippen molar-refractivity contribution in [3.8, 4) is 0 Å². The molecule has 1 amide bonds. The number of rotatable bonds is 3. The van der Waals surface area contributed by atoms with Crippen LogP contribution in [-0.4, -0.2) is 33.9 Å². The number of nitrogens with zero attached hydrogens (tertiary/aromatic N) is 1. The highest BCUT2D eigenvalue weighted by Gasteiger charge is 2.18. The van der Waals surface area contributed by atoms with E-state index in [0.29, 0.717) is 10.6 Å². The molecule has 1 aromatic carbocycles. The fourth-order valence-electron chi connectivity index (χ4n) is 2.40. The normalized spacial score (nSPS) is 17.6. The maximum atomic E-state index is 12.3. The summed E-state index contributed by atoms with van der Waals surface area (Å²) >= 11 is 0. The van der Waals surface area contributed by atoms with Gasteiger partial charge in [0, 0.05) is 23.7 Å². The molecule has 1 atom stereocenters. The summed E-state index contributed by atoms with van der Waals surface area (Å²) in [5, 5.41) is 0. The van der Waals surface area contributed by atoms with Crippen molar-refractivity contribution in [2.45, 2.75) is 37.5 Å². The maximum absolute atomic E-state index is 12.3. The largest absolute Gasteiger partial charge is 0.399 e. The summed E-state index contributed by atoms with van der Waals surface area (Å²) in [6.07, 6.45) is 4.48. The zero-order chi connectivity index (χ0) is 14.5. The number of carbonyl (C=O) groups is 1. The molecule has 1 saturated heterocycles. The van der Waals surface area contributed by atoms with Crippen molar-refractivity contribution in [2.24, 2.45) is 0 Å². The minimum atomic E-state index is -1.29. The molecule has 2 N–H and O–H groups in total. The Bertz CT molecular complexity index is 509. The van der Waals surface area contributed by atoms with Crippen LogP contribution in [-0.2, 0) is 15.6 Å². The average Bonchev–Trinajstić information content (AvgIpc) is 2.70. The zero-order valence-electron chi connectivity index (χ0n) is 11.9.